The van der Waals surface area contributed by atoms with Crippen LogP contribution in [0.2, 0.25) is 0 Å². The molecule has 0 aliphatic carbocycles. The first-order valence-electron chi connectivity index (χ1n) is 9.96. The highest BCUT2D eigenvalue weighted by molar-refractivity contribution is 6.02. The maximum absolute atomic E-state index is 12.7. The van der Waals surface area contributed by atoms with Gasteiger partial charge in [0.15, 0.2) is 12.3 Å². The Kier molecular flexibility index (Phi) is 6.95. The van der Waals surface area contributed by atoms with E-state index in [0.29, 0.717) is 23.9 Å². The molecule has 3 rings (SSSR count). The van der Waals surface area contributed by atoms with Crippen molar-refractivity contribution < 1.29 is 14.3 Å². The summed E-state index contributed by atoms with van der Waals surface area (Å²) in [6.07, 6.45) is 1.66. The number of rotatable bonds is 8. The average Bonchev–Trinajstić information content (AvgIpc) is 2.77. The zero-order valence-corrected chi connectivity index (χ0v) is 17.2. The third kappa shape index (κ3) is 4.92. The van der Waals surface area contributed by atoms with E-state index in [1.165, 1.54) is 9.58 Å². The lowest BCUT2D eigenvalue weighted by atomic mass is 10.1. The second kappa shape index (κ2) is 9.82. The Morgan fingerprint density at radius 1 is 1.03 bits per heavy atom. The zero-order valence-electron chi connectivity index (χ0n) is 17.2. The van der Waals surface area contributed by atoms with Gasteiger partial charge < -0.3 is 9.64 Å². The van der Waals surface area contributed by atoms with Crippen molar-refractivity contribution in [1.82, 2.24) is 14.7 Å². The number of amides is 1. The van der Waals surface area contributed by atoms with Crippen molar-refractivity contribution in [3.8, 4) is 0 Å². The van der Waals surface area contributed by atoms with Gasteiger partial charge in [0, 0.05) is 25.5 Å². The first-order valence-corrected chi connectivity index (χ1v) is 9.96. The van der Waals surface area contributed by atoms with Crippen LogP contribution in [0.15, 0.2) is 59.4 Å². The maximum Gasteiger partial charge on any atom is 0.359 e. The molecule has 1 aromatic heterocycles. The Morgan fingerprint density at radius 2 is 1.70 bits per heavy atom. The van der Waals surface area contributed by atoms with Crippen LogP contribution in [0.3, 0.4) is 0 Å². The molecule has 0 bridgehead atoms. The van der Waals surface area contributed by atoms with E-state index >= 15 is 0 Å². The molecule has 0 spiro atoms. The van der Waals surface area contributed by atoms with Crippen LogP contribution < -0.4 is 5.56 Å². The SMILES string of the molecule is CCCCn1nc(C(=O)OCC(=O)N(C)Cc2ccccc2)c2ccccc2c1=O. The highest BCUT2D eigenvalue weighted by atomic mass is 16.5. The Hall–Kier alpha value is -3.48. The van der Waals surface area contributed by atoms with E-state index in [1.54, 1.807) is 31.3 Å². The first-order chi connectivity index (χ1) is 14.5. The molecule has 2 aromatic carbocycles. The molecule has 30 heavy (non-hydrogen) atoms. The number of nitrogens with zero attached hydrogens (tertiary/aromatic N) is 3. The summed E-state index contributed by atoms with van der Waals surface area (Å²) in [6, 6.07) is 16.3. The Bertz CT molecular complexity index is 1090. The number of likely N-dealkylation sites (N-methyl/N-ethyl adjacent to an activating group) is 1. The fourth-order valence-electron chi connectivity index (χ4n) is 3.10. The van der Waals surface area contributed by atoms with Crippen molar-refractivity contribution in [3.05, 3.63) is 76.2 Å². The van der Waals surface area contributed by atoms with Gasteiger partial charge in [0.25, 0.3) is 11.5 Å². The van der Waals surface area contributed by atoms with E-state index in [-0.39, 0.29) is 17.2 Å². The Labute approximate surface area is 174 Å². The Balaban J connectivity index is 1.75. The second-order valence-electron chi connectivity index (χ2n) is 7.09. The van der Waals surface area contributed by atoms with Crippen LogP contribution in [-0.4, -0.2) is 40.2 Å². The van der Waals surface area contributed by atoms with Crippen LogP contribution in [0, 0.1) is 0 Å². The number of hydrogen-bond donors (Lipinski definition) is 0. The molecule has 0 radical (unpaired) electrons. The summed E-state index contributed by atoms with van der Waals surface area (Å²) in [7, 11) is 1.65. The van der Waals surface area contributed by atoms with E-state index in [9.17, 15) is 14.4 Å². The standard InChI is InChI=1S/C23H25N3O4/c1-3-4-14-26-22(28)19-13-9-8-12-18(19)21(24-26)23(29)30-16-20(27)25(2)15-17-10-6-5-7-11-17/h5-13H,3-4,14-16H2,1-2H3. The number of fused-ring (bicyclic) bond motifs is 1. The third-order valence-corrected chi connectivity index (χ3v) is 4.80. The highest BCUT2D eigenvalue weighted by Crippen LogP contribution is 2.15. The number of hydrogen-bond acceptors (Lipinski definition) is 5. The van der Waals surface area contributed by atoms with Crippen molar-refractivity contribution in [2.75, 3.05) is 13.7 Å². The number of carbonyl (C=O) groups is 2. The molecule has 0 aliphatic heterocycles. The van der Waals surface area contributed by atoms with Gasteiger partial charge in [-0.1, -0.05) is 61.9 Å². The van der Waals surface area contributed by atoms with Crippen LogP contribution in [0.1, 0.15) is 35.8 Å². The van der Waals surface area contributed by atoms with Gasteiger partial charge in [0.1, 0.15) is 0 Å². The zero-order chi connectivity index (χ0) is 21.5. The summed E-state index contributed by atoms with van der Waals surface area (Å²) in [5, 5.41) is 5.06. The van der Waals surface area contributed by atoms with Crippen LogP contribution in [0.5, 0.6) is 0 Å². The lowest BCUT2D eigenvalue weighted by molar-refractivity contribution is -0.133. The predicted molar refractivity (Wildman–Crippen MR) is 114 cm³/mol. The molecule has 0 fully saturated rings. The molecule has 0 N–H and O–H groups in total. The van der Waals surface area contributed by atoms with E-state index in [4.69, 9.17) is 4.74 Å². The molecule has 3 aromatic rings. The number of carbonyl (C=O) groups excluding carboxylic acids is 2. The molecule has 7 nitrogen and oxygen atoms in total. The summed E-state index contributed by atoms with van der Waals surface area (Å²) in [5.41, 5.74) is 0.782. The molecule has 0 saturated carbocycles. The van der Waals surface area contributed by atoms with E-state index < -0.39 is 12.6 Å². The molecule has 7 heteroatoms. The maximum atomic E-state index is 12.7. The van der Waals surface area contributed by atoms with Crippen molar-refractivity contribution in [2.45, 2.75) is 32.9 Å². The molecule has 0 atom stereocenters. The second-order valence-corrected chi connectivity index (χ2v) is 7.09. The lowest BCUT2D eigenvalue weighted by Crippen LogP contribution is -2.31. The van der Waals surface area contributed by atoms with E-state index in [2.05, 4.69) is 5.10 Å². The summed E-state index contributed by atoms with van der Waals surface area (Å²) in [4.78, 5) is 39.2. The molecular formula is C23H25N3O4. The first kappa shape index (κ1) is 21.2. The van der Waals surface area contributed by atoms with Crippen molar-refractivity contribution in [2.24, 2.45) is 0 Å². The van der Waals surface area contributed by atoms with E-state index in [1.807, 2.05) is 37.3 Å². The van der Waals surface area contributed by atoms with Gasteiger partial charge in [0.2, 0.25) is 0 Å². The number of benzene rings is 2. The van der Waals surface area contributed by atoms with Gasteiger partial charge in [-0.15, -0.1) is 0 Å². The highest BCUT2D eigenvalue weighted by Gasteiger charge is 2.20. The van der Waals surface area contributed by atoms with E-state index in [0.717, 1.165) is 18.4 Å². The molecule has 0 saturated heterocycles. The van der Waals surface area contributed by atoms with Gasteiger partial charge in [-0.05, 0) is 18.1 Å². The molecule has 0 aliphatic rings. The fourth-order valence-corrected chi connectivity index (χ4v) is 3.10. The van der Waals surface area contributed by atoms with Crippen LogP contribution in [0.25, 0.3) is 10.8 Å². The number of aryl methyl sites for hydroxylation is 1. The smallest absolute Gasteiger partial charge is 0.359 e. The lowest BCUT2D eigenvalue weighted by Gasteiger charge is -2.17. The number of unbranched alkanes of at least 4 members (excludes halogenated alkanes) is 1. The largest absolute Gasteiger partial charge is 0.451 e. The summed E-state index contributed by atoms with van der Waals surface area (Å²) >= 11 is 0. The number of esters is 1. The minimum absolute atomic E-state index is 0.0415. The quantitative estimate of drug-likeness (QED) is 0.536. The third-order valence-electron chi connectivity index (χ3n) is 4.80. The Morgan fingerprint density at radius 3 is 2.40 bits per heavy atom. The van der Waals surface area contributed by atoms with Crippen LogP contribution in [-0.2, 0) is 22.6 Å². The minimum atomic E-state index is -0.724. The molecule has 1 heterocycles. The fraction of sp³-hybridized carbons (Fsp3) is 0.304. The van der Waals surface area contributed by atoms with Gasteiger partial charge >= 0.3 is 5.97 Å². The topological polar surface area (TPSA) is 81.5 Å². The summed E-state index contributed by atoms with van der Waals surface area (Å²) in [5.74, 6) is -1.05. The molecular weight excluding hydrogens is 382 g/mol. The number of ether oxygens (including phenoxy) is 1. The minimum Gasteiger partial charge on any atom is -0.451 e. The summed E-state index contributed by atoms with van der Waals surface area (Å²) in [6.45, 7) is 2.45. The van der Waals surface area contributed by atoms with Gasteiger partial charge in [-0.25, -0.2) is 9.48 Å². The van der Waals surface area contributed by atoms with Crippen LogP contribution >= 0.6 is 0 Å². The normalized spacial score (nSPS) is 10.7. The van der Waals surface area contributed by atoms with Crippen molar-refractivity contribution in [1.29, 1.82) is 0 Å². The predicted octanol–water partition coefficient (Wildman–Crippen LogP) is 3.01. The number of aromatic nitrogens is 2. The van der Waals surface area contributed by atoms with Crippen molar-refractivity contribution >= 4 is 22.6 Å². The van der Waals surface area contributed by atoms with Crippen molar-refractivity contribution in [3.63, 3.8) is 0 Å². The molecule has 0 unspecified atom stereocenters. The summed E-state index contributed by atoms with van der Waals surface area (Å²) < 4.78 is 6.55. The van der Waals surface area contributed by atoms with Crippen LogP contribution in [0.4, 0.5) is 0 Å². The van der Waals surface area contributed by atoms with Gasteiger partial charge in [-0.2, -0.15) is 5.10 Å². The molecule has 156 valence electrons. The molecule has 1 amide bonds. The average molecular weight is 407 g/mol. The van der Waals surface area contributed by atoms with Gasteiger partial charge in [-0.3, -0.25) is 9.59 Å². The van der Waals surface area contributed by atoms with Gasteiger partial charge in [0.05, 0.1) is 5.39 Å². The monoisotopic (exact) mass is 407 g/mol.